The number of carbonyl (C=O) groups is 1. The molecule has 0 bridgehead atoms. The zero-order valence-electron chi connectivity index (χ0n) is 11.0. The maximum absolute atomic E-state index is 12.1. The van der Waals surface area contributed by atoms with Crippen LogP contribution in [-0.4, -0.2) is 29.6 Å². The van der Waals surface area contributed by atoms with Gasteiger partial charge in [-0.1, -0.05) is 0 Å². The van der Waals surface area contributed by atoms with E-state index in [2.05, 4.69) is 5.32 Å². The van der Waals surface area contributed by atoms with Crippen LogP contribution in [0.15, 0.2) is 18.2 Å². The number of benzene rings is 1. The van der Waals surface area contributed by atoms with Crippen molar-refractivity contribution in [3.8, 4) is 0 Å². The molecule has 1 aliphatic heterocycles. The number of nitro groups is 1. The van der Waals surface area contributed by atoms with Crippen LogP contribution in [0.25, 0.3) is 0 Å². The number of halogens is 1. The van der Waals surface area contributed by atoms with Crippen molar-refractivity contribution in [3.63, 3.8) is 0 Å². The van der Waals surface area contributed by atoms with Gasteiger partial charge >= 0.3 is 0 Å². The van der Waals surface area contributed by atoms with Gasteiger partial charge in [0.25, 0.3) is 11.6 Å². The largest absolute Gasteiger partial charge is 0.373 e. The summed E-state index contributed by atoms with van der Waals surface area (Å²) in [5, 5.41) is 13.6. The van der Waals surface area contributed by atoms with Gasteiger partial charge < -0.3 is 10.1 Å². The third-order valence-electron chi connectivity index (χ3n) is 3.33. The molecular weight excluding hydrogens is 375 g/mol. The predicted molar refractivity (Wildman–Crippen MR) is 81.7 cm³/mol. The van der Waals surface area contributed by atoms with Crippen LogP contribution in [0.5, 0.6) is 0 Å². The molecule has 0 aliphatic carbocycles. The van der Waals surface area contributed by atoms with Gasteiger partial charge in [0.05, 0.1) is 16.1 Å². The van der Waals surface area contributed by atoms with Crippen molar-refractivity contribution < 1.29 is 14.5 Å². The topological polar surface area (TPSA) is 81.5 Å². The Bertz CT molecular complexity index is 541. The first-order valence-corrected chi connectivity index (χ1v) is 7.35. The van der Waals surface area contributed by atoms with Gasteiger partial charge in [0.1, 0.15) is 0 Å². The molecule has 1 saturated heterocycles. The summed E-state index contributed by atoms with van der Waals surface area (Å²) in [6.45, 7) is 3.07. The molecule has 1 aliphatic rings. The van der Waals surface area contributed by atoms with Crippen LogP contribution in [-0.2, 0) is 4.74 Å². The zero-order chi connectivity index (χ0) is 14.8. The van der Waals surface area contributed by atoms with E-state index >= 15 is 0 Å². The molecule has 0 aromatic heterocycles. The Hall–Kier alpha value is -1.22. The average molecular weight is 390 g/mol. The number of nitrogens with one attached hydrogen (secondary N) is 1. The van der Waals surface area contributed by atoms with E-state index in [9.17, 15) is 14.9 Å². The Morgan fingerprint density at radius 1 is 1.60 bits per heavy atom. The van der Waals surface area contributed by atoms with E-state index in [1.807, 2.05) is 29.5 Å². The highest BCUT2D eigenvalue weighted by atomic mass is 127. The highest BCUT2D eigenvalue weighted by molar-refractivity contribution is 14.1. The molecule has 1 aromatic carbocycles. The molecular formula is C13H15IN2O4. The van der Waals surface area contributed by atoms with Crippen LogP contribution >= 0.6 is 22.6 Å². The first kappa shape index (κ1) is 15.2. The van der Waals surface area contributed by atoms with E-state index in [0.29, 0.717) is 22.3 Å². The number of amides is 1. The van der Waals surface area contributed by atoms with Crippen molar-refractivity contribution in [2.45, 2.75) is 25.4 Å². The second-order valence-corrected chi connectivity index (χ2v) is 6.17. The first-order valence-electron chi connectivity index (χ1n) is 6.27. The van der Waals surface area contributed by atoms with Gasteiger partial charge in [0.2, 0.25) is 0 Å². The lowest BCUT2D eigenvalue weighted by Crippen LogP contribution is -2.40. The summed E-state index contributed by atoms with van der Waals surface area (Å²) in [5.74, 6) is -0.310. The number of rotatable bonds is 4. The molecule has 1 heterocycles. The summed E-state index contributed by atoms with van der Waals surface area (Å²) in [4.78, 5) is 22.4. The summed E-state index contributed by atoms with van der Waals surface area (Å²) < 4.78 is 6.28. The molecule has 1 fully saturated rings. The lowest BCUT2D eigenvalue weighted by atomic mass is 10.0. The summed E-state index contributed by atoms with van der Waals surface area (Å²) in [5.41, 5.74) is -0.0952. The molecule has 1 unspecified atom stereocenters. The maximum Gasteiger partial charge on any atom is 0.270 e. The summed E-state index contributed by atoms with van der Waals surface area (Å²) >= 11 is 1.99. The van der Waals surface area contributed by atoms with Crippen molar-refractivity contribution in [2.75, 3.05) is 13.2 Å². The Morgan fingerprint density at radius 3 is 2.95 bits per heavy atom. The van der Waals surface area contributed by atoms with Crippen molar-refractivity contribution in [1.82, 2.24) is 5.32 Å². The number of ether oxygens (including phenoxy) is 1. The van der Waals surface area contributed by atoms with E-state index in [-0.39, 0.29) is 17.2 Å². The van der Waals surface area contributed by atoms with Gasteiger partial charge in [-0.3, -0.25) is 14.9 Å². The Labute approximate surface area is 130 Å². The zero-order valence-corrected chi connectivity index (χ0v) is 13.2. The molecule has 7 heteroatoms. The first-order chi connectivity index (χ1) is 9.41. The fourth-order valence-electron chi connectivity index (χ4n) is 2.14. The molecule has 6 nitrogen and oxygen atoms in total. The molecule has 0 radical (unpaired) electrons. The van der Waals surface area contributed by atoms with Crippen molar-refractivity contribution >= 4 is 34.2 Å². The number of hydrogen-bond acceptors (Lipinski definition) is 4. The van der Waals surface area contributed by atoms with Crippen molar-refractivity contribution in [3.05, 3.63) is 37.4 Å². The van der Waals surface area contributed by atoms with E-state index in [4.69, 9.17) is 4.74 Å². The van der Waals surface area contributed by atoms with Gasteiger partial charge in [-0.25, -0.2) is 0 Å². The van der Waals surface area contributed by atoms with E-state index in [0.717, 1.165) is 12.8 Å². The fraction of sp³-hybridized carbons (Fsp3) is 0.462. The number of non-ortho nitro benzene ring substituents is 1. The highest BCUT2D eigenvalue weighted by Crippen LogP contribution is 2.24. The Morgan fingerprint density at radius 2 is 2.35 bits per heavy atom. The van der Waals surface area contributed by atoms with Crippen LogP contribution in [0, 0.1) is 13.7 Å². The molecule has 1 amide bonds. The maximum atomic E-state index is 12.1. The van der Waals surface area contributed by atoms with Gasteiger partial charge in [0.15, 0.2) is 0 Å². The summed E-state index contributed by atoms with van der Waals surface area (Å²) in [6, 6.07) is 4.26. The third kappa shape index (κ3) is 3.45. The minimum absolute atomic E-state index is 0.0844. The van der Waals surface area contributed by atoms with Crippen LogP contribution in [0.3, 0.4) is 0 Å². The third-order valence-corrected chi connectivity index (χ3v) is 4.27. The normalized spacial score (nSPS) is 21.7. The smallest absolute Gasteiger partial charge is 0.270 e. The molecule has 1 atom stereocenters. The molecule has 0 spiro atoms. The number of nitro benzene ring substituents is 1. The minimum Gasteiger partial charge on any atom is -0.373 e. The predicted octanol–water partition coefficient (Wildman–Crippen LogP) is 2.50. The highest BCUT2D eigenvalue weighted by Gasteiger charge is 2.30. The van der Waals surface area contributed by atoms with Crippen LogP contribution in [0.4, 0.5) is 5.69 Å². The second-order valence-electron chi connectivity index (χ2n) is 5.01. The molecule has 1 N–H and O–H groups in total. The molecule has 20 heavy (non-hydrogen) atoms. The summed E-state index contributed by atoms with van der Waals surface area (Å²) in [6.07, 6.45) is 1.89. The minimum atomic E-state index is -0.506. The van der Waals surface area contributed by atoms with Crippen LogP contribution < -0.4 is 5.32 Å². The average Bonchev–Trinajstić information content (AvgIpc) is 2.84. The molecule has 108 valence electrons. The Balaban J connectivity index is 2.08. The van der Waals surface area contributed by atoms with Gasteiger partial charge in [0, 0.05) is 28.9 Å². The quantitative estimate of drug-likeness (QED) is 0.487. The van der Waals surface area contributed by atoms with Gasteiger partial charge in [-0.2, -0.15) is 0 Å². The number of nitrogens with zero attached hydrogens (tertiary/aromatic N) is 1. The van der Waals surface area contributed by atoms with Crippen LogP contribution in [0.2, 0.25) is 0 Å². The number of carbonyl (C=O) groups excluding carboxylic acids is 1. The molecule has 2 rings (SSSR count). The lowest BCUT2D eigenvalue weighted by molar-refractivity contribution is -0.384. The molecule has 1 aromatic rings. The molecule has 0 saturated carbocycles. The van der Waals surface area contributed by atoms with Gasteiger partial charge in [-0.05, 0) is 48.4 Å². The lowest BCUT2D eigenvalue weighted by Gasteiger charge is -2.23. The fourth-order valence-corrected chi connectivity index (χ4v) is 2.72. The van der Waals surface area contributed by atoms with Crippen LogP contribution in [0.1, 0.15) is 30.1 Å². The Kier molecular flexibility index (Phi) is 4.59. The van der Waals surface area contributed by atoms with Crippen molar-refractivity contribution in [2.24, 2.45) is 0 Å². The van der Waals surface area contributed by atoms with Crippen molar-refractivity contribution in [1.29, 1.82) is 0 Å². The second kappa shape index (κ2) is 6.04. The monoisotopic (exact) mass is 390 g/mol. The van der Waals surface area contributed by atoms with E-state index in [1.165, 1.54) is 12.1 Å². The number of hydrogen-bond donors (Lipinski definition) is 1. The summed E-state index contributed by atoms with van der Waals surface area (Å²) in [7, 11) is 0. The SMILES string of the molecule is CC1(CNC(=O)c2cc([N+](=O)[O-])ccc2I)CCCO1. The standard InChI is InChI=1S/C13H15IN2O4/c1-13(5-2-6-20-13)8-15-12(17)10-7-9(16(18)19)3-4-11(10)14/h3-4,7H,2,5-6,8H2,1H3,(H,15,17). The van der Waals surface area contributed by atoms with E-state index in [1.54, 1.807) is 6.07 Å². The van der Waals surface area contributed by atoms with E-state index < -0.39 is 4.92 Å². The van der Waals surface area contributed by atoms with Gasteiger partial charge in [-0.15, -0.1) is 0 Å².